The lowest BCUT2D eigenvalue weighted by atomic mass is 9.71. The second-order valence-electron chi connectivity index (χ2n) is 25.7. The van der Waals surface area contributed by atoms with E-state index >= 15 is 0 Å². The van der Waals surface area contributed by atoms with Crippen LogP contribution >= 0.6 is 0 Å². The Kier molecular flexibility index (Phi) is 20.2. The minimum absolute atomic E-state index is 0.0244. The van der Waals surface area contributed by atoms with Gasteiger partial charge in [0.25, 0.3) is 0 Å². The number of hydrogen-bond donors (Lipinski definition) is 1. The molecular formula is C82H75NO13S. The van der Waals surface area contributed by atoms with Crippen LogP contribution in [0.25, 0.3) is 0 Å². The monoisotopic (exact) mass is 1310 g/mol. The zero-order valence-corrected chi connectivity index (χ0v) is 56.5. The summed E-state index contributed by atoms with van der Waals surface area (Å²) in [6.07, 6.45) is 6.20. The summed E-state index contributed by atoms with van der Waals surface area (Å²) in [6, 6.07) is 61.1. The molecule has 10 rings (SSSR count). The van der Waals surface area contributed by atoms with Gasteiger partial charge in [-0.25, -0.2) is 13.6 Å². The van der Waals surface area contributed by atoms with Crippen molar-refractivity contribution in [2.45, 2.75) is 83.2 Å². The van der Waals surface area contributed by atoms with Crippen molar-refractivity contribution in [3.8, 4) is 28.7 Å². The van der Waals surface area contributed by atoms with Crippen LogP contribution in [0, 0.1) is 5.92 Å². The van der Waals surface area contributed by atoms with Crippen LogP contribution in [-0.4, -0.2) is 73.3 Å². The molecule has 0 saturated carbocycles. The number of ketones is 6. The molecule has 0 spiro atoms. The topological polar surface area (TPSA) is 209 Å². The van der Waals surface area contributed by atoms with Crippen molar-refractivity contribution in [2.24, 2.45) is 11.1 Å². The maximum Gasteiger partial charge on any atom is 0.221 e. The number of carbonyl (C=O) groups is 6. The molecule has 0 fully saturated rings. The van der Waals surface area contributed by atoms with Gasteiger partial charge in [0.1, 0.15) is 44.9 Å². The highest BCUT2D eigenvalue weighted by atomic mass is 32.2. The smallest absolute Gasteiger partial charge is 0.221 e. The van der Waals surface area contributed by atoms with Gasteiger partial charge in [0.15, 0.2) is 34.7 Å². The molecule has 97 heavy (non-hydrogen) atoms. The lowest BCUT2D eigenvalue weighted by Crippen LogP contribution is -2.47. The number of allylic oxidation sites excluding steroid dienone is 3. The van der Waals surface area contributed by atoms with E-state index in [0.717, 1.165) is 17.5 Å². The lowest BCUT2D eigenvalue weighted by Gasteiger charge is -2.42. The molecule has 0 aromatic heterocycles. The van der Waals surface area contributed by atoms with E-state index in [4.69, 9.17) is 28.8 Å². The zero-order valence-electron chi connectivity index (χ0n) is 55.7. The van der Waals surface area contributed by atoms with Crippen LogP contribution < -0.4 is 24.1 Å². The normalized spacial score (nSPS) is 14.6. The Balaban J connectivity index is 0.705. The minimum atomic E-state index is -4.35. The third kappa shape index (κ3) is 15.5. The summed E-state index contributed by atoms with van der Waals surface area (Å²) in [6.45, 7) is 15.7. The van der Waals surface area contributed by atoms with Gasteiger partial charge in [0, 0.05) is 85.7 Å². The summed E-state index contributed by atoms with van der Waals surface area (Å²) < 4.78 is 54.0. The molecule has 2 unspecified atom stereocenters. The number of carbonyl (C=O) groups excluding carboxylic acids is 6. The second kappa shape index (κ2) is 28.3. The molecule has 9 aromatic rings. The number of ether oxygens (including phenoxy) is 5. The standard InChI is InChI=1S/C82H75NO13S/c1-52(2)82(8,93-10)49-53-11-13-54(14-12-53)73(84)55-15-17-57(18-16-55)75(86)61-27-40-68(41-28-61)94-69-42-29-62(30-43-69)77(88)64-33-46-71(47-34-64)96-80(5,6)79(3,4)66-36-23-59(24-37-66)74(85)56-19-21-58(22-20-56)78(89)65-35-48-72(51-81(7,50-65)97(83,90)91)95-70-44-31-63(32-45-70)76(87)60-25-38-67(92-9)39-26-60/h11-48,50-52H,49H2,1-10H3,(H2,83,90,91). The predicted octanol–water partition coefficient (Wildman–Crippen LogP) is 16.1. The Morgan fingerprint density at radius 3 is 1.06 bits per heavy atom. The predicted molar refractivity (Wildman–Crippen MR) is 375 cm³/mol. The molecule has 9 aromatic carbocycles. The quantitative estimate of drug-likeness (QED) is 0.0501. The first-order valence-corrected chi connectivity index (χ1v) is 33.1. The van der Waals surface area contributed by atoms with Crippen LogP contribution in [0.4, 0.5) is 0 Å². The maximum absolute atomic E-state index is 14.0. The van der Waals surface area contributed by atoms with Gasteiger partial charge in [-0.15, -0.1) is 0 Å². The first kappa shape index (κ1) is 69.1. The highest BCUT2D eigenvalue weighted by molar-refractivity contribution is 7.90. The summed E-state index contributed by atoms with van der Waals surface area (Å²) in [7, 11) is -1.09. The molecule has 492 valence electrons. The summed E-state index contributed by atoms with van der Waals surface area (Å²) in [5, 5.41) is 5.75. The fraction of sp³-hybridized carbons (Fsp3) is 0.195. The molecule has 14 nitrogen and oxygen atoms in total. The highest BCUT2D eigenvalue weighted by Gasteiger charge is 2.41. The maximum atomic E-state index is 14.0. The molecule has 1 aliphatic carbocycles. The lowest BCUT2D eigenvalue weighted by molar-refractivity contribution is -0.0315. The molecule has 0 aliphatic heterocycles. The summed E-state index contributed by atoms with van der Waals surface area (Å²) >= 11 is 0. The second-order valence-corrected chi connectivity index (χ2v) is 27.7. The first-order chi connectivity index (χ1) is 46.1. The van der Waals surface area contributed by atoms with E-state index in [2.05, 4.69) is 20.8 Å². The molecule has 0 amide bonds. The summed E-state index contributed by atoms with van der Waals surface area (Å²) in [4.78, 5) is 81.5. The van der Waals surface area contributed by atoms with Crippen molar-refractivity contribution < 1.29 is 60.9 Å². The van der Waals surface area contributed by atoms with E-state index in [-0.39, 0.29) is 51.4 Å². The van der Waals surface area contributed by atoms with Gasteiger partial charge < -0.3 is 23.7 Å². The number of benzene rings is 9. The molecule has 0 heterocycles. The van der Waals surface area contributed by atoms with Gasteiger partial charge in [-0.3, -0.25) is 28.8 Å². The molecule has 1 aliphatic rings. The Bertz CT molecular complexity index is 4650. The number of sulfonamides is 1. The van der Waals surface area contributed by atoms with Crippen LogP contribution in [0.5, 0.6) is 28.7 Å². The average molecular weight is 1310 g/mol. The van der Waals surface area contributed by atoms with Gasteiger partial charge in [-0.05, 0) is 190 Å². The zero-order chi connectivity index (χ0) is 69.6. The number of primary sulfonamides is 1. The summed E-state index contributed by atoms with van der Waals surface area (Å²) in [5.74, 6) is 1.33. The van der Waals surface area contributed by atoms with Crippen LogP contribution in [0.3, 0.4) is 0 Å². The SMILES string of the molecule is COc1ccc(C(=O)c2ccc(OC3=CC(C)(S(N)(=O)=O)C=C(C(=O)c4ccc(C(=O)c5ccc(C(C)(C)C(C)(C)Oc6ccc(C(=O)c7ccc(Oc8ccc(C(=O)c9ccc(C(=O)c%10ccc(CC(C)(OC)C(C)C)cc%10)cc9)cc8)cc7)cc6)cc5)cc4)C=C3)cc2)cc1. The highest BCUT2D eigenvalue weighted by Crippen LogP contribution is 2.39. The number of methoxy groups -OCH3 is 2. The fourth-order valence-electron chi connectivity index (χ4n) is 11.0. The summed E-state index contributed by atoms with van der Waals surface area (Å²) in [5.41, 5.74) is 4.95. The Hall–Kier alpha value is -10.7. The van der Waals surface area contributed by atoms with Crippen molar-refractivity contribution in [3.63, 3.8) is 0 Å². The van der Waals surface area contributed by atoms with Crippen molar-refractivity contribution in [1.82, 2.24) is 0 Å². The van der Waals surface area contributed by atoms with E-state index in [1.165, 1.54) is 43.4 Å². The third-order valence-corrected chi connectivity index (χ3v) is 19.9. The molecule has 0 saturated heterocycles. The molecule has 15 heteroatoms. The van der Waals surface area contributed by atoms with Crippen LogP contribution in [0.15, 0.2) is 254 Å². The molecule has 2 atom stereocenters. The van der Waals surface area contributed by atoms with Gasteiger partial charge in [-0.2, -0.15) is 0 Å². The Morgan fingerprint density at radius 1 is 0.412 bits per heavy atom. The number of rotatable bonds is 26. The largest absolute Gasteiger partial charge is 0.497 e. The van der Waals surface area contributed by atoms with Crippen molar-refractivity contribution in [2.75, 3.05) is 14.2 Å². The first-order valence-electron chi connectivity index (χ1n) is 31.6. The van der Waals surface area contributed by atoms with Gasteiger partial charge in [0.2, 0.25) is 10.0 Å². The minimum Gasteiger partial charge on any atom is -0.497 e. The van der Waals surface area contributed by atoms with E-state index in [9.17, 15) is 37.2 Å². The van der Waals surface area contributed by atoms with Gasteiger partial charge in [0.05, 0.1) is 12.7 Å². The number of hydrogen-bond acceptors (Lipinski definition) is 13. The number of Topliss-reactive ketones (excluding diaryl/α,β-unsaturated/α-hetero) is 1. The number of nitrogens with two attached hydrogens (primary N) is 1. The average Bonchev–Trinajstić information content (AvgIpc) is 1.69. The van der Waals surface area contributed by atoms with E-state index in [0.29, 0.717) is 90.3 Å². The van der Waals surface area contributed by atoms with Crippen molar-refractivity contribution in [1.29, 1.82) is 0 Å². The van der Waals surface area contributed by atoms with E-state index < -0.39 is 31.6 Å². The molecule has 2 N–H and O–H groups in total. The van der Waals surface area contributed by atoms with Crippen LogP contribution in [0.1, 0.15) is 156 Å². The third-order valence-electron chi connectivity index (χ3n) is 18.5. The molecule has 0 radical (unpaired) electrons. The van der Waals surface area contributed by atoms with E-state index in [1.807, 2.05) is 64.1 Å². The van der Waals surface area contributed by atoms with Gasteiger partial charge >= 0.3 is 0 Å². The van der Waals surface area contributed by atoms with Crippen LogP contribution in [0.2, 0.25) is 0 Å². The Morgan fingerprint density at radius 2 is 0.722 bits per heavy atom. The van der Waals surface area contributed by atoms with Crippen molar-refractivity contribution in [3.05, 3.63) is 326 Å². The van der Waals surface area contributed by atoms with E-state index in [1.54, 1.807) is 184 Å². The van der Waals surface area contributed by atoms with Gasteiger partial charge in [-0.1, -0.05) is 125 Å². The Labute approximate surface area is 566 Å². The fourth-order valence-corrected chi connectivity index (χ4v) is 11.6. The molecular weight excluding hydrogens is 1240 g/mol. The molecule has 0 bridgehead atoms. The van der Waals surface area contributed by atoms with Crippen molar-refractivity contribution >= 4 is 44.7 Å². The van der Waals surface area contributed by atoms with Crippen LogP contribution in [-0.2, 0) is 26.6 Å².